The number of nitrogens with zero attached hydrogens (tertiary/aromatic N) is 2. The van der Waals surface area contributed by atoms with Crippen molar-refractivity contribution in [1.82, 2.24) is 4.57 Å². The van der Waals surface area contributed by atoms with E-state index in [4.69, 9.17) is 19.3 Å². The Kier molecular flexibility index (Phi) is 11.4. The number of methoxy groups -OCH3 is 3. The van der Waals surface area contributed by atoms with Crippen LogP contribution in [0.25, 0.3) is 10.9 Å². The third-order valence-electron chi connectivity index (χ3n) is 7.01. The highest BCUT2D eigenvalue weighted by Crippen LogP contribution is 2.32. The van der Waals surface area contributed by atoms with E-state index in [1.54, 1.807) is 38.5 Å². The lowest BCUT2D eigenvalue weighted by Crippen LogP contribution is -2.30. The lowest BCUT2D eigenvalue weighted by atomic mass is 10.2. The van der Waals surface area contributed by atoms with E-state index in [0.29, 0.717) is 48.6 Å². The Morgan fingerprint density at radius 1 is 0.935 bits per heavy atom. The molecule has 14 heteroatoms. The summed E-state index contributed by atoms with van der Waals surface area (Å²) in [5.74, 6) is 5.93. The fourth-order valence-electron chi connectivity index (χ4n) is 4.80. The quantitative estimate of drug-likeness (QED) is 0.159. The van der Waals surface area contributed by atoms with Crippen LogP contribution < -0.4 is 25.4 Å². The second-order valence-corrected chi connectivity index (χ2v) is 11.7. The number of aromatic nitrogens is 1. The molecular formula is C32H36F3N5O5S. The highest BCUT2D eigenvalue weighted by molar-refractivity contribution is 7.89. The van der Waals surface area contributed by atoms with Crippen LogP contribution in [0.15, 0.2) is 71.6 Å². The first-order valence-electron chi connectivity index (χ1n) is 14.2. The van der Waals surface area contributed by atoms with E-state index in [0.717, 1.165) is 15.9 Å². The maximum absolute atomic E-state index is 13.7. The first-order chi connectivity index (χ1) is 21.9. The smallest absolute Gasteiger partial charge is 0.406 e. The summed E-state index contributed by atoms with van der Waals surface area (Å²) in [6.07, 6.45) is -4.48. The number of hydrogen-bond donors (Lipinski definition) is 3. The number of ether oxygens (including phenoxy) is 3. The SMILES string of the molecule is COCCN(CCOC)c1ccc(Nc2cccc3c2cc(C#CCNc2ccc(S(N)(=O)=O)cc2OC)n3CC(F)(F)F)cc1. The summed E-state index contributed by atoms with van der Waals surface area (Å²) in [7, 11) is 0.740. The summed E-state index contributed by atoms with van der Waals surface area (Å²) in [6, 6.07) is 18.5. The van der Waals surface area contributed by atoms with Gasteiger partial charge >= 0.3 is 6.18 Å². The second-order valence-electron chi connectivity index (χ2n) is 10.2. The molecule has 0 saturated carbocycles. The van der Waals surface area contributed by atoms with Crippen LogP contribution in [0, 0.1) is 11.8 Å². The van der Waals surface area contributed by atoms with E-state index in [1.807, 2.05) is 24.3 Å². The van der Waals surface area contributed by atoms with Gasteiger partial charge in [0, 0.05) is 55.8 Å². The van der Waals surface area contributed by atoms with Crippen molar-refractivity contribution in [2.45, 2.75) is 17.6 Å². The summed E-state index contributed by atoms with van der Waals surface area (Å²) in [5, 5.41) is 12.1. The highest BCUT2D eigenvalue weighted by Gasteiger charge is 2.30. The Labute approximate surface area is 266 Å². The monoisotopic (exact) mass is 659 g/mol. The van der Waals surface area contributed by atoms with Crippen LogP contribution in [0.4, 0.5) is 35.9 Å². The molecule has 3 aromatic carbocycles. The Bertz CT molecular complexity index is 1790. The lowest BCUT2D eigenvalue weighted by molar-refractivity contribution is -0.140. The van der Waals surface area contributed by atoms with Crippen LogP contribution in [-0.2, 0) is 26.0 Å². The molecule has 10 nitrogen and oxygen atoms in total. The van der Waals surface area contributed by atoms with Crippen molar-refractivity contribution in [3.8, 4) is 17.6 Å². The number of halogens is 3. The molecule has 4 N–H and O–H groups in total. The van der Waals surface area contributed by atoms with E-state index in [-0.39, 0.29) is 22.9 Å². The highest BCUT2D eigenvalue weighted by atomic mass is 32.2. The van der Waals surface area contributed by atoms with E-state index in [9.17, 15) is 21.6 Å². The molecular weight excluding hydrogens is 623 g/mol. The fraction of sp³-hybridized carbons (Fsp3) is 0.312. The normalized spacial score (nSPS) is 11.6. The third-order valence-corrected chi connectivity index (χ3v) is 7.92. The van der Waals surface area contributed by atoms with Crippen LogP contribution in [0.5, 0.6) is 5.75 Å². The molecule has 0 bridgehead atoms. The van der Waals surface area contributed by atoms with Crippen molar-refractivity contribution in [3.63, 3.8) is 0 Å². The van der Waals surface area contributed by atoms with Gasteiger partial charge in [0.25, 0.3) is 0 Å². The summed E-state index contributed by atoms with van der Waals surface area (Å²) >= 11 is 0. The van der Waals surface area contributed by atoms with Gasteiger partial charge in [-0.05, 0) is 60.5 Å². The number of alkyl halides is 3. The molecule has 0 aliphatic heterocycles. The van der Waals surface area contributed by atoms with Crippen molar-refractivity contribution in [2.24, 2.45) is 5.14 Å². The summed E-state index contributed by atoms with van der Waals surface area (Å²) < 4.78 is 81.1. The number of rotatable bonds is 14. The topological polar surface area (TPSA) is 120 Å². The minimum atomic E-state index is -4.48. The molecule has 46 heavy (non-hydrogen) atoms. The number of nitrogens with one attached hydrogen (secondary N) is 2. The van der Waals surface area contributed by atoms with Gasteiger partial charge in [-0.2, -0.15) is 13.2 Å². The molecule has 0 saturated heterocycles. The molecule has 0 aliphatic rings. The van der Waals surface area contributed by atoms with E-state index >= 15 is 0 Å². The summed E-state index contributed by atoms with van der Waals surface area (Å²) in [4.78, 5) is 2.02. The molecule has 1 heterocycles. The zero-order valence-electron chi connectivity index (χ0n) is 25.6. The Morgan fingerprint density at radius 3 is 2.24 bits per heavy atom. The maximum Gasteiger partial charge on any atom is 0.406 e. The van der Waals surface area contributed by atoms with Crippen molar-refractivity contribution in [2.75, 3.05) is 69.7 Å². The van der Waals surface area contributed by atoms with Gasteiger partial charge in [0.05, 0.1) is 48.7 Å². The third kappa shape index (κ3) is 9.07. The van der Waals surface area contributed by atoms with E-state index in [1.165, 1.54) is 25.3 Å². The number of sulfonamides is 1. The van der Waals surface area contributed by atoms with Gasteiger partial charge in [-0.3, -0.25) is 0 Å². The van der Waals surface area contributed by atoms with Crippen molar-refractivity contribution in [1.29, 1.82) is 0 Å². The molecule has 0 radical (unpaired) electrons. The van der Waals surface area contributed by atoms with Crippen LogP contribution in [0.2, 0.25) is 0 Å². The molecule has 0 atom stereocenters. The minimum absolute atomic E-state index is 0.0435. The van der Waals surface area contributed by atoms with Crippen LogP contribution >= 0.6 is 0 Å². The molecule has 0 fully saturated rings. The van der Waals surface area contributed by atoms with Gasteiger partial charge < -0.3 is 34.3 Å². The van der Waals surface area contributed by atoms with Crippen molar-refractivity contribution < 1.29 is 35.8 Å². The zero-order valence-corrected chi connectivity index (χ0v) is 26.5. The zero-order chi connectivity index (χ0) is 33.3. The van der Waals surface area contributed by atoms with Crippen LogP contribution in [0.3, 0.4) is 0 Å². The molecule has 4 aromatic rings. The standard InChI is InChI=1S/C32H36F3N5O5S/c1-43-18-16-39(17-19-44-2)24-11-9-23(10-12-24)38-28-7-4-8-30-27(28)20-25(40(30)22-32(33,34)35)6-5-15-37-29-14-13-26(46(36,41)42)21-31(29)45-3/h4,7-14,20-21,37-38H,15-19,22H2,1-3H3,(H2,36,41,42). The average molecular weight is 660 g/mol. The maximum atomic E-state index is 13.7. The molecule has 1 aromatic heterocycles. The number of primary sulfonamides is 1. The number of hydrogen-bond acceptors (Lipinski definition) is 8. The summed E-state index contributed by atoms with van der Waals surface area (Å²) in [5.41, 5.74) is 3.38. The molecule has 0 unspecified atom stereocenters. The van der Waals surface area contributed by atoms with Gasteiger partial charge in [0.15, 0.2) is 0 Å². The van der Waals surface area contributed by atoms with E-state index < -0.39 is 22.7 Å². The van der Waals surface area contributed by atoms with Gasteiger partial charge in [0.1, 0.15) is 12.3 Å². The van der Waals surface area contributed by atoms with Crippen molar-refractivity contribution in [3.05, 3.63) is 72.4 Å². The molecule has 0 aliphatic carbocycles. The van der Waals surface area contributed by atoms with E-state index in [2.05, 4.69) is 27.4 Å². The minimum Gasteiger partial charge on any atom is -0.495 e. The van der Waals surface area contributed by atoms with Gasteiger partial charge in [-0.1, -0.05) is 12.0 Å². The Balaban J connectivity index is 1.59. The summed E-state index contributed by atoms with van der Waals surface area (Å²) in [6.45, 7) is 1.33. The van der Waals surface area contributed by atoms with Crippen molar-refractivity contribution >= 4 is 43.7 Å². The first-order valence-corrected chi connectivity index (χ1v) is 15.7. The van der Waals surface area contributed by atoms with Crippen LogP contribution in [0.1, 0.15) is 5.69 Å². The number of nitrogens with two attached hydrogens (primary N) is 1. The molecule has 0 spiro atoms. The van der Waals surface area contributed by atoms with Crippen LogP contribution in [-0.4, -0.2) is 73.3 Å². The number of anilines is 4. The Morgan fingerprint density at radius 2 is 1.63 bits per heavy atom. The predicted molar refractivity (Wildman–Crippen MR) is 173 cm³/mol. The molecule has 4 rings (SSSR count). The fourth-order valence-corrected chi connectivity index (χ4v) is 5.33. The molecule has 0 amide bonds. The van der Waals surface area contributed by atoms with Gasteiger partial charge in [0.2, 0.25) is 10.0 Å². The number of fused-ring (bicyclic) bond motifs is 1. The molecule has 246 valence electrons. The second kappa shape index (κ2) is 15.2. The average Bonchev–Trinajstić information content (AvgIpc) is 3.36. The Hall–Kier alpha value is -4.42. The first kappa shape index (κ1) is 34.5. The lowest BCUT2D eigenvalue weighted by Gasteiger charge is -2.24. The van der Waals surface area contributed by atoms with Gasteiger partial charge in [-0.25, -0.2) is 13.6 Å². The number of benzene rings is 3. The predicted octanol–water partition coefficient (Wildman–Crippen LogP) is 5.17. The van der Waals surface area contributed by atoms with Gasteiger partial charge in [-0.15, -0.1) is 0 Å². The largest absolute Gasteiger partial charge is 0.495 e.